The Labute approximate surface area is 122 Å². The molecule has 2 rings (SSSR count). The van der Waals surface area contributed by atoms with Crippen LogP contribution in [-0.2, 0) is 0 Å². The summed E-state index contributed by atoms with van der Waals surface area (Å²) >= 11 is 11.6. The van der Waals surface area contributed by atoms with Crippen molar-refractivity contribution in [1.82, 2.24) is 4.90 Å². The molecule has 0 radical (unpaired) electrons. The maximum atomic E-state index is 12.2. The number of hydrogen-bond acceptors (Lipinski definition) is 1. The van der Waals surface area contributed by atoms with Crippen molar-refractivity contribution in [3.8, 4) is 0 Å². The van der Waals surface area contributed by atoms with E-state index in [1.54, 1.807) is 0 Å². The van der Waals surface area contributed by atoms with Gasteiger partial charge in [-0.2, -0.15) is 0 Å². The van der Waals surface area contributed by atoms with Gasteiger partial charge in [-0.25, -0.2) is 0 Å². The lowest BCUT2D eigenvalue weighted by molar-refractivity contribution is 0.0792. The highest BCUT2D eigenvalue weighted by Crippen LogP contribution is 2.24. The van der Waals surface area contributed by atoms with E-state index in [-0.39, 0.29) is 11.3 Å². The molecule has 0 spiro atoms. The SMILES string of the molecule is O=C(c1cc(I)ccc1Br)N1CCC(Cl)C1. The van der Waals surface area contributed by atoms with Crippen molar-refractivity contribution in [3.05, 3.63) is 31.8 Å². The van der Waals surface area contributed by atoms with Crippen LogP contribution in [0.2, 0.25) is 0 Å². The molecule has 86 valence electrons. The van der Waals surface area contributed by atoms with Crippen LogP contribution in [0.25, 0.3) is 0 Å². The minimum absolute atomic E-state index is 0.0635. The number of carbonyl (C=O) groups is 1. The maximum absolute atomic E-state index is 12.2. The van der Waals surface area contributed by atoms with Crippen LogP contribution in [0, 0.1) is 3.57 Å². The molecule has 0 aliphatic carbocycles. The van der Waals surface area contributed by atoms with Crippen LogP contribution < -0.4 is 0 Å². The van der Waals surface area contributed by atoms with Crippen LogP contribution in [0.4, 0.5) is 0 Å². The van der Waals surface area contributed by atoms with Gasteiger partial charge in [-0.3, -0.25) is 4.79 Å². The monoisotopic (exact) mass is 413 g/mol. The van der Waals surface area contributed by atoms with Crippen LogP contribution in [0.3, 0.4) is 0 Å². The Morgan fingerprint density at radius 3 is 2.94 bits per heavy atom. The van der Waals surface area contributed by atoms with Crippen molar-refractivity contribution in [3.63, 3.8) is 0 Å². The molecule has 1 aliphatic heterocycles. The lowest BCUT2D eigenvalue weighted by Crippen LogP contribution is -2.29. The Bertz CT molecular complexity index is 426. The molecule has 1 unspecified atom stereocenters. The first kappa shape index (κ1) is 12.6. The van der Waals surface area contributed by atoms with Gasteiger partial charge in [0.1, 0.15) is 0 Å². The highest BCUT2D eigenvalue weighted by molar-refractivity contribution is 14.1. The van der Waals surface area contributed by atoms with Gasteiger partial charge in [0.2, 0.25) is 0 Å². The van der Waals surface area contributed by atoms with Gasteiger partial charge in [-0.1, -0.05) is 0 Å². The maximum Gasteiger partial charge on any atom is 0.255 e. The normalized spacial score (nSPS) is 20.2. The number of alkyl halides is 1. The zero-order valence-electron chi connectivity index (χ0n) is 8.42. The number of rotatable bonds is 1. The molecule has 0 aromatic heterocycles. The fourth-order valence-corrected chi connectivity index (χ4v) is 2.91. The highest BCUT2D eigenvalue weighted by atomic mass is 127. The molecule has 1 amide bonds. The van der Waals surface area contributed by atoms with Gasteiger partial charge < -0.3 is 4.90 Å². The zero-order valence-corrected chi connectivity index (χ0v) is 12.9. The predicted molar refractivity (Wildman–Crippen MR) is 77.0 cm³/mol. The van der Waals surface area contributed by atoms with E-state index in [4.69, 9.17) is 11.6 Å². The van der Waals surface area contributed by atoms with E-state index in [9.17, 15) is 4.79 Å². The van der Waals surface area contributed by atoms with Crippen LogP contribution in [-0.4, -0.2) is 29.3 Å². The lowest BCUT2D eigenvalue weighted by atomic mass is 10.2. The molecule has 1 heterocycles. The summed E-state index contributed by atoms with van der Waals surface area (Å²) in [4.78, 5) is 14.0. The molecule has 0 saturated carbocycles. The molecular formula is C11H10BrClINO. The van der Waals surface area contributed by atoms with Crippen LogP contribution in [0.15, 0.2) is 22.7 Å². The minimum atomic E-state index is 0.0635. The van der Waals surface area contributed by atoms with E-state index in [1.165, 1.54) is 0 Å². The summed E-state index contributed by atoms with van der Waals surface area (Å²) in [5.41, 5.74) is 0.720. The molecule has 2 nitrogen and oxygen atoms in total. The minimum Gasteiger partial charge on any atom is -0.337 e. The average molecular weight is 414 g/mol. The molecule has 1 atom stereocenters. The number of halogens is 3. The summed E-state index contributed by atoms with van der Waals surface area (Å²) in [5, 5.41) is 0.102. The van der Waals surface area contributed by atoms with Gasteiger partial charge in [-0.05, 0) is 63.1 Å². The Kier molecular flexibility index (Phi) is 4.13. The van der Waals surface area contributed by atoms with Gasteiger partial charge in [-0.15, -0.1) is 11.6 Å². The van der Waals surface area contributed by atoms with Crippen molar-refractivity contribution >= 4 is 56.0 Å². The van der Waals surface area contributed by atoms with Crippen molar-refractivity contribution < 1.29 is 4.79 Å². The smallest absolute Gasteiger partial charge is 0.255 e. The quantitative estimate of drug-likeness (QED) is 0.509. The lowest BCUT2D eigenvalue weighted by Gasteiger charge is -2.16. The largest absolute Gasteiger partial charge is 0.337 e. The second-order valence-corrected chi connectivity index (χ2v) is 6.48. The van der Waals surface area contributed by atoms with Gasteiger partial charge in [0.15, 0.2) is 0 Å². The van der Waals surface area contributed by atoms with Crippen LogP contribution >= 0.6 is 50.1 Å². The fourth-order valence-electron chi connectivity index (χ4n) is 1.73. The van der Waals surface area contributed by atoms with Crippen LogP contribution in [0.5, 0.6) is 0 Å². The summed E-state index contributed by atoms with van der Waals surface area (Å²) in [6.45, 7) is 1.41. The zero-order chi connectivity index (χ0) is 11.7. The summed E-state index contributed by atoms with van der Waals surface area (Å²) in [6.07, 6.45) is 0.884. The van der Waals surface area contributed by atoms with E-state index in [1.807, 2.05) is 23.1 Å². The molecule has 1 aromatic carbocycles. The summed E-state index contributed by atoms with van der Waals surface area (Å²) in [5.74, 6) is 0.0635. The Hall–Kier alpha value is 0.190. The Morgan fingerprint density at radius 1 is 1.56 bits per heavy atom. The summed E-state index contributed by atoms with van der Waals surface area (Å²) in [7, 11) is 0. The molecule has 1 saturated heterocycles. The summed E-state index contributed by atoms with van der Waals surface area (Å²) in [6, 6.07) is 5.77. The third-order valence-corrected chi connectivity index (χ3v) is 4.30. The van der Waals surface area contributed by atoms with E-state index < -0.39 is 0 Å². The molecule has 0 bridgehead atoms. The Morgan fingerprint density at radius 2 is 2.31 bits per heavy atom. The molecule has 0 N–H and O–H groups in total. The van der Waals surface area contributed by atoms with Gasteiger partial charge in [0, 0.05) is 21.1 Å². The number of benzene rings is 1. The highest BCUT2D eigenvalue weighted by Gasteiger charge is 2.26. The predicted octanol–water partition coefficient (Wildman–Crippen LogP) is 3.51. The van der Waals surface area contributed by atoms with Gasteiger partial charge in [0.05, 0.1) is 10.9 Å². The number of hydrogen-bond donors (Lipinski definition) is 0. The number of carbonyl (C=O) groups excluding carboxylic acids is 1. The van der Waals surface area contributed by atoms with E-state index >= 15 is 0 Å². The Balaban J connectivity index is 2.23. The molecule has 1 fully saturated rings. The topological polar surface area (TPSA) is 20.3 Å². The first-order valence-corrected chi connectivity index (χ1v) is 7.27. The third-order valence-electron chi connectivity index (χ3n) is 2.58. The van der Waals surface area contributed by atoms with Crippen molar-refractivity contribution in [1.29, 1.82) is 0 Å². The molecule has 1 aliphatic rings. The van der Waals surface area contributed by atoms with Gasteiger partial charge in [0.25, 0.3) is 5.91 Å². The first-order valence-electron chi connectivity index (χ1n) is 4.96. The van der Waals surface area contributed by atoms with Crippen molar-refractivity contribution in [2.75, 3.05) is 13.1 Å². The second-order valence-electron chi connectivity index (χ2n) is 3.76. The van der Waals surface area contributed by atoms with E-state index in [2.05, 4.69) is 38.5 Å². The molecule has 5 heteroatoms. The van der Waals surface area contributed by atoms with Crippen molar-refractivity contribution in [2.45, 2.75) is 11.8 Å². The van der Waals surface area contributed by atoms with E-state index in [0.717, 1.165) is 26.6 Å². The molecular weight excluding hydrogens is 404 g/mol. The first-order chi connectivity index (χ1) is 7.58. The standard InChI is InChI=1S/C11H10BrClINO/c12-10-2-1-8(14)5-9(10)11(16)15-4-3-7(13)6-15/h1-2,5,7H,3-4,6H2. The van der Waals surface area contributed by atoms with Crippen LogP contribution in [0.1, 0.15) is 16.8 Å². The molecule has 16 heavy (non-hydrogen) atoms. The number of nitrogens with zero attached hydrogens (tertiary/aromatic N) is 1. The fraction of sp³-hybridized carbons (Fsp3) is 0.364. The average Bonchev–Trinajstić information content (AvgIpc) is 2.67. The number of amides is 1. The molecule has 1 aromatic rings. The van der Waals surface area contributed by atoms with Gasteiger partial charge >= 0.3 is 0 Å². The van der Waals surface area contributed by atoms with E-state index in [0.29, 0.717) is 6.54 Å². The van der Waals surface area contributed by atoms with Crippen molar-refractivity contribution in [2.24, 2.45) is 0 Å². The summed E-state index contributed by atoms with van der Waals surface area (Å²) < 4.78 is 1.90. The second kappa shape index (κ2) is 5.23. The third kappa shape index (κ3) is 2.71. The number of likely N-dealkylation sites (tertiary alicyclic amines) is 1.